The Bertz CT molecular complexity index is 1060. The summed E-state index contributed by atoms with van der Waals surface area (Å²) >= 11 is 0. The third-order valence-electron chi connectivity index (χ3n) is 4.13. The van der Waals surface area contributed by atoms with E-state index in [-0.39, 0.29) is 11.7 Å². The van der Waals surface area contributed by atoms with Crippen molar-refractivity contribution >= 4 is 22.6 Å². The quantitative estimate of drug-likeness (QED) is 0.536. The van der Waals surface area contributed by atoms with Crippen LogP contribution in [-0.4, -0.2) is 25.8 Å². The summed E-state index contributed by atoms with van der Waals surface area (Å²) in [5.74, 6) is 0.335. The van der Waals surface area contributed by atoms with E-state index < -0.39 is 0 Å². The number of hydrogen-bond donors (Lipinski definition) is 3. The highest BCUT2D eigenvalue weighted by Crippen LogP contribution is 2.25. The number of aromatic nitrogens is 3. The maximum Gasteiger partial charge on any atom is 0.256 e. The number of H-pyrrole nitrogens is 1. The molecule has 0 bridgehead atoms. The van der Waals surface area contributed by atoms with Crippen LogP contribution >= 0.6 is 0 Å². The molecule has 6 heteroatoms. The molecule has 0 aliphatic heterocycles. The van der Waals surface area contributed by atoms with Gasteiger partial charge in [0.15, 0.2) is 5.82 Å². The fourth-order valence-electron chi connectivity index (χ4n) is 2.81. The first-order chi connectivity index (χ1) is 12.1. The van der Waals surface area contributed by atoms with Gasteiger partial charge in [-0.1, -0.05) is 6.07 Å². The van der Waals surface area contributed by atoms with Crippen LogP contribution in [0.2, 0.25) is 0 Å². The summed E-state index contributed by atoms with van der Waals surface area (Å²) in [4.78, 5) is 12.6. The molecule has 2 aromatic heterocycles. The minimum Gasteiger partial charge on any atom is -0.508 e. The molecule has 0 saturated carbocycles. The maximum atomic E-state index is 12.6. The molecule has 6 nitrogen and oxygen atoms in total. The van der Waals surface area contributed by atoms with Gasteiger partial charge in [-0.15, -0.1) is 0 Å². The van der Waals surface area contributed by atoms with Crippen molar-refractivity contribution in [3.8, 4) is 11.4 Å². The molecule has 0 radical (unpaired) electrons. The average molecular weight is 332 g/mol. The van der Waals surface area contributed by atoms with E-state index in [2.05, 4.69) is 15.5 Å². The second-order valence-corrected chi connectivity index (χ2v) is 5.85. The van der Waals surface area contributed by atoms with Crippen molar-refractivity contribution in [2.75, 3.05) is 5.32 Å². The van der Waals surface area contributed by atoms with Gasteiger partial charge in [-0.05, 0) is 48.9 Å². The number of carbonyl (C=O) groups excluding carboxylic acids is 1. The second-order valence-electron chi connectivity index (χ2n) is 5.85. The molecule has 0 atom stereocenters. The molecular formula is C19H16N4O2. The van der Waals surface area contributed by atoms with Gasteiger partial charge in [-0.2, -0.15) is 5.10 Å². The Morgan fingerprint density at radius 2 is 1.96 bits per heavy atom. The Hall–Kier alpha value is -3.54. The lowest BCUT2D eigenvalue weighted by Gasteiger charge is -2.10. The van der Waals surface area contributed by atoms with Gasteiger partial charge in [0.2, 0.25) is 0 Å². The Labute approximate surface area is 143 Å². The van der Waals surface area contributed by atoms with Crippen LogP contribution in [0.3, 0.4) is 0 Å². The van der Waals surface area contributed by atoms with E-state index in [9.17, 15) is 9.90 Å². The SMILES string of the molecule is Cc1ccc(C(=O)Nc2n[nH]c3cc(O)ccc23)cc1-n1cccc1. The monoisotopic (exact) mass is 332 g/mol. The Balaban J connectivity index is 1.66. The Morgan fingerprint density at radius 1 is 1.16 bits per heavy atom. The first-order valence-electron chi connectivity index (χ1n) is 7.84. The number of amides is 1. The normalized spacial score (nSPS) is 10.9. The molecule has 0 fully saturated rings. The summed E-state index contributed by atoms with van der Waals surface area (Å²) in [6.07, 6.45) is 3.88. The minimum absolute atomic E-state index is 0.143. The number of phenols is 1. The lowest BCUT2D eigenvalue weighted by molar-refractivity contribution is 0.102. The van der Waals surface area contributed by atoms with E-state index in [1.54, 1.807) is 24.3 Å². The minimum atomic E-state index is -0.241. The van der Waals surface area contributed by atoms with Gasteiger partial charge >= 0.3 is 0 Å². The van der Waals surface area contributed by atoms with E-state index in [4.69, 9.17) is 0 Å². The van der Waals surface area contributed by atoms with Crippen molar-refractivity contribution in [1.82, 2.24) is 14.8 Å². The highest BCUT2D eigenvalue weighted by molar-refractivity contribution is 6.08. The largest absolute Gasteiger partial charge is 0.508 e. The number of nitrogens with zero attached hydrogens (tertiary/aromatic N) is 2. The topological polar surface area (TPSA) is 82.9 Å². The number of nitrogens with one attached hydrogen (secondary N) is 2. The van der Waals surface area contributed by atoms with Crippen LogP contribution in [0, 0.1) is 6.92 Å². The second kappa shape index (κ2) is 5.83. The third kappa shape index (κ3) is 2.74. The van der Waals surface area contributed by atoms with Crippen LogP contribution in [0.4, 0.5) is 5.82 Å². The van der Waals surface area contributed by atoms with E-state index >= 15 is 0 Å². The summed E-state index contributed by atoms with van der Waals surface area (Å²) in [5, 5.41) is 20.0. The summed E-state index contributed by atoms with van der Waals surface area (Å²) in [6.45, 7) is 2.00. The first kappa shape index (κ1) is 15.0. The van der Waals surface area contributed by atoms with Gasteiger partial charge in [0.1, 0.15) is 5.75 Å². The number of rotatable bonds is 3. The molecule has 25 heavy (non-hydrogen) atoms. The van der Waals surface area contributed by atoms with Crippen molar-refractivity contribution in [2.45, 2.75) is 6.92 Å². The summed E-state index contributed by atoms with van der Waals surface area (Å²) in [5.41, 5.74) is 3.24. The van der Waals surface area contributed by atoms with Gasteiger partial charge in [0.25, 0.3) is 5.91 Å². The number of aromatic hydroxyl groups is 1. The fourth-order valence-corrected chi connectivity index (χ4v) is 2.81. The van der Waals surface area contributed by atoms with Gasteiger partial charge < -0.3 is 15.0 Å². The molecule has 2 heterocycles. The standard InChI is InChI=1S/C19H16N4O2/c1-12-4-5-13(10-17(12)23-8-2-3-9-23)19(25)20-18-15-7-6-14(24)11-16(15)21-22-18/h2-11,24H,1H3,(H2,20,21,22,25). The zero-order valence-electron chi connectivity index (χ0n) is 13.5. The number of carbonyl (C=O) groups is 1. The predicted octanol–water partition coefficient (Wildman–Crippen LogP) is 3.62. The molecule has 0 unspecified atom stereocenters. The van der Waals surface area contributed by atoms with Crippen LogP contribution in [0.1, 0.15) is 15.9 Å². The number of hydrogen-bond acceptors (Lipinski definition) is 3. The van der Waals surface area contributed by atoms with Gasteiger partial charge in [-0.25, -0.2) is 0 Å². The van der Waals surface area contributed by atoms with Crippen LogP contribution in [-0.2, 0) is 0 Å². The lowest BCUT2D eigenvalue weighted by Crippen LogP contribution is -2.13. The highest BCUT2D eigenvalue weighted by Gasteiger charge is 2.13. The molecule has 1 amide bonds. The van der Waals surface area contributed by atoms with E-state index in [1.165, 1.54) is 0 Å². The summed E-state index contributed by atoms with van der Waals surface area (Å²) < 4.78 is 1.97. The van der Waals surface area contributed by atoms with Gasteiger partial charge in [0, 0.05) is 35.1 Å². The van der Waals surface area contributed by atoms with E-state index in [0.717, 1.165) is 16.6 Å². The molecule has 0 spiro atoms. The summed E-state index contributed by atoms with van der Waals surface area (Å²) in [7, 11) is 0. The van der Waals surface area contributed by atoms with Crippen LogP contribution < -0.4 is 5.32 Å². The van der Waals surface area contributed by atoms with Crippen LogP contribution in [0.25, 0.3) is 16.6 Å². The van der Waals surface area contributed by atoms with Crippen molar-refractivity contribution in [1.29, 1.82) is 0 Å². The molecule has 0 aliphatic rings. The molecular weight excluding hydrogens is 316 g/mol. The smallest absolute Gasteiger partial charge is 0.256 e. The number of phenolic OH excluding ortho intramolecular Hbond substituents is 1. The number of anilines is 1. The average Bonchev–Trinajstić information content (AvgIpc) is 3.25. The zero-order chi connectivity index (χ0) is 17.4. The van der Waals surface area contributed by atoms with Gasteiger partial charge in [-0.3, -0.25) is 9.89 Å². The predicted molar refractivity (Wildman–Crippen MR) is 96.2 cm³/mol. The zero-order valence-corrected chi connectivity index (χ0v) is 13.5. The molecule has 3 N–H and O–H groups in total. The molecule has 2 aromatic carbocycles. The number of fused-ring (bicyclic) bond motifs is 1. The fraction of sp³-hybridized carbons (Fsp3) is 0.0526. The first-order valence-corrected chi connectivity index (χ1v) is 7.84. The van der Waals surface area contributed by atoms with Crippen molar-refractivity contribution in [3.05, 3.63) is 72.1 Å². The van der Waals surface area contributed by atoms with E-state index in [1.807, 2.05) is 48.1 Å². The molecule has 0 aliphatic carbocycles. The maximum absolute atomic E-state index is 12.6. The van der Waals surface area contributed by atoms with Gasteiger partial charge in [0.05, 0.1) is 5.52 Å². The number of aromatic amines is 1. The molecule has 4 rings (SSSR count). The Kier molecular flexibility index (Phi) is 3.50. The van der Waals surface area contributed by atoms with Crippen molar-refractivity contribution in [3.63, 3.8) is 0 Å². The van der Waals surface area contributed by atoms with Crippen LogP contribution in [0.15, 0.2) is 60.9 Å². The Morgan fingerprint density at radius 3 is 2.76 bits per heavy atom. The number of benzene rings is 2. The lowest BCUT2D eigenvalue weighted by atomic mass is 10.1. The number of aryl methyl sites for hydroxylation is 1. The summed E-state index contributed by atoms with van der Waals surface area (Å²) in [6, 6.07) is 14.3. The van der Waals surface area contributed by atoms with Crippen LogP contribution in [0.5, 0.6) is 5.75 Å². The molecule has 4 aromatic rings. The highest BCUT2D eigenvalue weighted by atomic mass is 16.3. The van der Waals surface area contributed by atoms with Crippen molar-refractivity contribution in [2.24, 2.45) is 0 Å². The molecule has 0 saturated heterocycles. The molecule has 124 valence electrons. The van der Waals surface area contributed by atoms with Crippen molar-refractivity contribution < 1.29 is 9.90 Å². The third-order valence-corrected chi connectivity index (χ3v) is 4.13. The van der Waals surface area contributed by atoms with E-state index in [0.29, 0.717) is 16.9 Å².